The molecule has 0 bridgehead atoms. The molecule has 0 atom stereocenters. The number of aliphatic carboxylic acids is 1. The molecule has 0 unspecified atom stereocenters. The molecule has 1 N–H and O–H groups in total. The van der Waals surface area contributed by atoms with Gasteiger partial charge in [0.15, 0.2) is 0 Å². The van der Waals surface area contributed by atoms with Crippen molar-refractivity contribution in [1.82, 2.24) is 4.90 Å². The fourth-order valence-electron chi connectivity index (χ4n) is 1.93. The molecule has 2 rings (SSSR count). The normalized spacial score (nSPS) is 15.2. The number of carboxylic acids is 1. The maximum atomic E-state index is 10.7. The van der Waals surface area contributed by atoms with Crippen LogP contribution in [0.15, 0.2) is 24.3 Å². The van der Waals surface area contributed by atoms with Crippen LogP contribution in [0, 0.1) is 0 Å². The summed E-state index contributed by atoms with van der Waals surface area (Å²) in [4.78, 5) is 12.8. The first-order valence-corrected chi connectivity index (χ1v) is 6.23. The average Bonchev–Trinajstić information content (AvgIpc) is 3.10. The Bertz CT molecular complexity index is 387. The van der Waals surface area contributed by atoms with Crippen molar-refractivity contribution < 1.29 is 9.90 Å². The molecule has 0 radical (unpaired) electrons. The van der Waals surface area contributed by atoms with Crippen molar-refractivity contribution >= 4 is 17.6 Å². The van der Waals surface area contributed by atoms with Gasteiger partial charge in [0.25, 0.3) is 0 Å². The highest BCUT2D eigenvalue weighted by molar-refractivity contribution is 6.30. The zero-order valence-corrected chi connectivity index (χ0v) is 10.4. The number of hydrogen-bond donors (Lipinski definition) is 1. The Morgan fingerprint density at radius 1 is 1.35 bits per heavy atom. The molecule has 0 amide bonds. The van der Waals surface area contributed by atoms with E-state index in [-0.39, 0.29) is 6.54 Å². The first-order valence-electron chi connectivity index (χ1n) is 5.85. The number of rotatable bonds is 6. The Balaban J connectivity index is 1.86. The highest BCUT2D eigenvalue weighted by Crippen LogP contribution is 2.26. The van der Waals surface area contributed by atoms with Crippen LogP contribution in [0.25, 0.3) is 0 Å². The second kappa shape index (κ2) is 5.52. The van der Waals surface area contributed by atoms with Crippen LogP contribution in [-0.4, -0.2) is 35.1 Å². The fourth-order valence-corrected chi connectivity index (χ4v) is 2.05. The topological polar surface area (TPSA) is 40.5 Å². The summed E-state index contributed by atoms with van der Waals surface area (Å²) in [6.07, 6.45) is 3.14. The fraction of sp³-hybridized carbons (Fsp3) is 0.462. The van der Waals surface area contributed by atoms with E-state index in [0.717, 1.165) is 30.8 Å². The molecule has 1 saturated carbocycles. The molecular weight excluding hydrogens is 238 g/mol. The minimum absolute atomic E-state index is 0.151. The SMILES string of the molecule is O=C(O)CN(CCc1ccc(Cl)cc1)C1CC1. The maximum absolute atomic E-state index is 10.7. The van der Waals surface area contributed by atoms with Crippen molar-refractivity contribution in [2.75, 3.05) is 13.1 Å². The van der Waals surface area contributed by atoms with Gasteiger partial charge in [-0.25, -0.2) is 0 Å². The average molecular weight is 254 g/mol. The van der Waals surface area contributed by atoms with Gasteiger partial charge in [0, 0.05) is 17.6 Å². The van der Waals surface area contributed by atoms with Gasteiger partial charge in [-0.05, 0) is 37.0 Å². The lowest BCUT2D eigenvalue weighted by Gasteiger charge is -2.19. The third-order valence-corrected chi connectivity index (χ3v) is 3.25. The quantitative estimate of drug-likeness (QED) is 0.847. The van der Waals surface area contributed by atoms with Crippen molar-refractivity contribution in [2.24, 2.45) is 0 Å². The third-order valence-electron chi connectivity index (χ3n) is 3.00. The second-order valence-electron chi connectivity index (χ2n) is 4.47. The molecular formula is C13H16ClNO2. The zero-order chi connectivity index (χ0) is 12.3. The van der Waals surface area contributed by atoms with E-state index in [2.05, 4.69) is 4.90 Å². The van der Waals surface area contributed by atoms with E-state index in [9.17, 15) is 4.79 Å². The van der Waals surface area contributed by atoms with Crippen molar-refractivity contribution in [1.29, 1.82) is 0 Å². The van der Waals surface area contributed by atoms with Crippen LogP contribution in [-0.2, 0) is 11.2 Å². The molecule has 92 valence electrons. The van der Waals surface area contributed by atoms with Crippen molar-refractivity contribution in [3.05, 3.63) is 34.9 Å². The highest BCUT2D eigenvalue weighted by Gasteiger charge is 2.29. The molecule has 1 fully saturated rings. The zero-order valence-electron chi connectivity index (χ0n) is 9.60. The Labute approximate surface area is 106 Å². The predicted octanol–water partition coefficient (Wildman–Crippen LogP) is 2.43. The van der Waals surface area contributed by atoms with Crippen LogP contribution < -0.4 is 0 Å². The summed E-state index contributed by atoms with van der Waals surface area (Å²) in [7, 11) is 0. The number of nitrogens with zero attached hydrogens (tertiary/aromatic N) is 1. The first kappa shape index (κ1) is 12.4. The number of carboxylic acid groups (broad SMARTS) is 1. The van der Waals surface area contributed by atoms with E-state index in [1.165, 1.54) is 5.56 Å². The highest BCUT2D eigenvalue weighted by atomic mass is 35.5. The molecule has 0 saturated heterocycles. The summed E-state index contributed by atoms with van der Waals surface area (Å²) in [5.41, 5.74) is 1.20. The Kier molecular flexibility index (Phi) is 4.02. The van der Waals surface area contributed by atoms with Crippen LogP contribution in [0.5, 0.6) is 0 Å². The van der Waals surface area contributed by atoms with Gasteiger partial charge >= 0.3 is 5.97 Å². The van der Waals surface area contributed by atoms with Gasteiger partial charge in [-0.15, -0.1) is 0 Å². The van der Waals surface area contributed by atoms with Crippen LogP contribution >= 0.6 is 11.6 Å². The summed E-state index contributed by atoms with van der Waals surface area (Å²) in [5, 5.41) is 9.57. The molecule has 0 spiro atoms. The van der Waals surface area contributed by atoms with Crippen molar-refractivity contribution in [3.63, 3.8) is 0 Å². The molecule has 3 nitrogen and oxygen atoms in total. The number of carbonyl (C=O) groups is 1. The Morgan fingerprint density at radius 2 is 2.00 bits per heavy atom. The van der Waals surface area contributed by atoms with E-state index in [1.54, 1.807) is 0 Å². The summed E-state index contributed by atoms with van der Waals surface area (Å²) < 4.78 is 0. The molecule has 1 aliphatic carbocycles. The molecule has 1 aromatic carbocycles. The lowest BCUT2D eigenvalue weighted by molar-refractivity contribution is -0.138. The van der Waals surface area contributed by atoms with E-state index < -0.39 is 5.97 Å². The van der Waals surface area contributed by atoms with Crippen LogP contribution in [0.2, 0.25) is 5.02 Å². The minimum Gasteiger partial charge on any atom is -0.480 e. The Hall–Kier alpha value is -1.06. The Morgan fingerprint density at radius 3 is 2.53 bits per heavy atom. The summed E-state index contributed by atoms with van der Waals surface area (Å²) >= 11 is 5.82. The monoisotopic (exact) mass is 253 g/mol. The minimum atomic E-state index is -0.743. The van der Waals surface area contributed by atoms with Gasteiger partial charge in [-0.1, -0.05) is 23.7 Å². The van der Waals surface area contributed by atoms with Gasteiger partial charge in [0.05, 0.1) is 6.54 Å². The van der Waals surface area contributed by atoms with E-state index in [1.807, 2.05) is 24.3 Å². The molecule has 1 aliphatic rings. The van der Waals surface area contributed by atoms with E-state index >= 15 is 0 Å². The first-order chi connectivity index (χ1) is 8.15. The molecule has 4 heteroatoms. The molecule has 0 heterocycles. The van der Waals surface area contributed by atoms with E-state index in [0.29, 0.717) is 6.04 Å². The van der Waals surface area contributed by atoms with Crippen molar-refractivity contribution in [2.45, 2.75) is 25.3 Å². The third kappa shape index (κ3) is 4.02. The summed E-state index contributed by atoms with van der Waals surface area (Å²) in [6, 6.07) is 8.21. The molecule has 0 aromatic heterocycles. The van der Waals surface area contributed by atoms with Gasteiger partial charge in [0.1, 0.15) is 0 Å². The van der Waals surface area contributed by atoms with E-state index in [4.69, 9.17) is 16.7 Å². The summed E-state index contributed by atoms with van der Waals surface area (Å²) in [6.45, 7) is 0.955. The lowest BCUT2D eigenvalue weighted by Crippen LogP contribution is -2.33. The standard InChI is InChI=1S/C13H16ClNO2/c14-11-3-1-10(2-4-11)7-8-15(9-13(16)17)12-5-6-12/h1-4,12H,5-9H2,(H,16,17). The van der Waals surface area contributed by atoms with Gasteiger partial charge in [-0.3, -0.25) is 9.69 Å². The van der Waals surface area contributed by atoms with Gasteiger partial charge < -0.3 is 5.11 Å². The summed E-state index contributed by atoms with van der Waals surface area (Å²) in [5.74, 6) is -0.743. The molecule has 1 aromatic rings. The molecule has 0 aliphatic heterocycles. The number of halogens is 1. The van der Waals surface area contributed by atoms with Gasteiger partial charge in [0.2, 0.25) is 0 Å². The van der Waals surface area contributed by atoms with Gasteiger partial charge in [-0.2, -0.15) is 0 Å². The number of benzene rings is 1. The molecule has 17 heavy (non-hydrogen) atoms. The maximum Gasteiger partial charge on any atom is 0.317 e. The number of hydrogen-bond acceptors (Lipinski definition) is 2. The smallest absolute Gasteiger partial charge is 0.317 e. The largest absolute Gasteiger partial charge is 0.480 e. The predicted molar refractivity (Wildman–Crippen MR) is 67.4 cm³/mol. The van der Waals surface area contributed by atoms with Crippen LogP contribution in [0.4, 0.5) is 0 Å². The van der Waals surface area contributed by atoms with Crippen LogP contribution in [0.1, 0.15) is 18.4 Å². The lowest BCUT2D eigenvalue weighted by atomic mass is 10.1. The van der Waals surface area contributed by atoms with Crippen LogP contribution in [0.3, 0.4) is 0 Å². The van der Waals surface area contributed by atoms with Crippen molar-refractivity contribution in [3.8, 4) is 0 Å². The second-order valence-corrected chi connectivity index (χ2v) is 4.91.